The number of hydrogen-bond donors (Lipinski definition) is 3. The molecule has 1 saturated carbocycles. The number of nitrogens with one attached hydrogen (secondary N) is 2. The molecule has 0 saturated heterocycles. The fourth-order valence-corrected chi connectivity index (χ4v) is 4.02. The van der Waals surface area contributed by atoms with Gasteiger partial charge in [-0.25, -0.2) is 24.0 Å². The Morgan fingerprint density at radius 3 is 2.95 bits per heavy atom. The minimum Gasteiger partial charge on any atom is -0.307 e. The van der Waals surface area contributed by atoms with E-state index in [9.17, 15) is 8.42 Å². The van der Waals surface area contributed by atoms with Crippen molar-refractivity contribution < 1.29 is 8.42 Å². The second-order valence-corrected chi connectivity index (χ2v) is 7.25. The van der Waals surface area contributed by atoms with E-state index in [1.54, 1.807) is 0 Å². The molecular weight excluding hydrogens is 332 g/mol. The summed E-state index contributed by atoms with van der Waals surface area (Å²) in [5.41, 5.74) is 2.31. The number of nitrogens with zero attached hydrogens (tertiary/aromatic N) is 1. The van der Waals surface area contributed by atoms with Gasteiger partial charge in [0.05, 0.1) is 0 Å². The third-order valence-corrected chi connectivity index (χ3v) is 5.07. The van der Waals surface area contributed by atoms with Crippen molar-refractivity contribution in [1.29, 1.82) is 0 Å². The van der Waals surface area contributed by atoms with Gasteiger partial charge in [-0.2, -0.15) is 0 Å². The Bertz CT molecular complexity index is 564. The van der Waals surface area contributed by atoms with Crippen molar-refractivity contribution in [2.24, 2.45) is 11.8 Å². The van der Waals surface area contributed by atoms with Crippen molar-refractivity contribution in [1.82, 2.24) is 9.71 Å². The molecule has 2 atom stereocenters. The molecule has 8 heteroatoms. The average molecular weight is 349 g/mol. The first-order valence-electron chi connectivity index (χ1n) is 6.12. The summed E-state index contributed by atoms with van der Waals surface area (Å²) in [5.74, 6) is 5.89. The Morgan fingerprint density at radius 1 is 1.58 bits per heavy atom. The van der Waals surface area contributed by atoms with Crippen LogP contribution in [0.25, 0.3) is 0 Å². The molecule has 19 heavy (non-hydrogen) atoms. The fraction of sp³-hybridized carbons (Fsp3) is 0.545. The van der Waals surface area contributed by atoms with Crippen LogP contribution in [-0.4, -0.2) is 19.4 Å². The van der Waals surface area contributed by atoms with Crippen LogP contribution in [-0.2, 0) is 10.0 Å². The van der Waals surface area contributed by atoms with Gasteiger partial charge in [-0.15, -0.1) is 0 Å². The predicted molar refractivity (Wildman–Crippen MR) is 76.9 cm³/mol. The van der Waals surface area contributed by atoms with Gasteiger partial charge < -0.3 is 5.43 Å². The van der Waals surface area contributed by atoms with E-state index in [1.807, 2.05) is 0 Å². The number of halogens is 1. The Hall–Kier alpha value is -0.700. The highest BCUT2D eigenvalue weighted by Crippen LogP contribution is 2.36. The van der Waals surface area contributed by atoms with Crippen molar-refractivity contribution in [2.45, 2.75) is 37.1 Å². The molecule has 0 bridgehead atoms. The number of hydrazine groups is 1. The molecule has 0 spiro atoms. The Morgan fingerprint density at radius 2 is 2.32 bits per heavy atom. The molecule has 6 nitrogen and oxygen atoms in total. The zero-order valence-corrected chi connectivity index (χ0v) is 13.0. The van der Waals surface area contributed by atoms with Gasteiger partial charge in [0.25, 0.3) is 0 Å². The number of aromatic nitrogens is 1. The molecule has 4 N–H and O–H groups in total. The van der Waals surface area contributed by atoms with E-state index in [0.717, 1.165) is 19.3 Å². The summed E-state index contributed by atoms with van der Waals surface area (Å²) >= 11 is 3.21. The van der Waals surface area contributed by atoms with Crippen molar-refractivity contribution in [3.63, 3.8) is 0 Å². The first-order chi connectivity index (χ1) is 8.97. The molecule has 0 amide bonds. The summed E-state index contributed by atoms with van der Waals surface area (Å²) in [6, 6.07) is 1.52. The molecule has 2 unspecified atom stereocenters. The molecule has 0 aromatic carbocycles. The fourth-order valence-electron chi connectivity index (χ4n) is 2.08. The van der Waals surface area contributed by atoms with Gasteiger partial charge in [0.2, 0.25) is 10.0 Å². The topological polar surface area (TPSA) is 97.1 Å². The molecular formula is C11H17BrN4O2S. The molecule has 1 aliphatic rings. The maximum Gasteiger partial charge on any atom is 0.244 e. The van der Waals surface area contributed by atoms with Crippen molar-refractivity contribution in [2.75, 3.05) is 5.43 Å². The quantitative estimate of drug-likeness (QED) is 0.535. The Kier molecular flexibility index (Phi) is 4.44. The van der Waals surface area contributed by atoms with Crippen LogP contribution in [0.1, 0.15) is 26.2 Å². The minimum absolute atomic E-state index is 0.0366. The van der Waals surface area contributed by atoms with E-state index in [1.165, 1.54) is 12.3 Å². The highest BCUT2D eigenvalue weighted by Gasteiger charge is 2.39. The second-order valence-electron chi connectivity index (χ2n) is 4.66. The smallest absolute Gasteiger partial charge is 0.244 e. The SMILES string of the molecule is CCCC1CC1NS(=O)(=O)c1cc(Br)cnc1NN. The lowest BCUT2D eigenvalue weighted by Gasteiger charge is -2.10. The summed E-state index contributed by atoms with van der Waals surface area (Å²) < 4.78 is 27.9. The van der Waals surface area contributed by atoms with Gasteiger partial charge >= 0.3 is 0 Å². The van der Waals surface area contributed by atoms with Crippen molar-refractivity contribution in [3.05, 3.63) is 16.7 Å². The van der Waals surface area contributed by atoms with Crippen LogP contribution in [0.15, 0.2) is 21.6 Å². The van der Waals surface area contributed by atoms with Gasteiger partial charge in [0, 0.05) is 16.7 Å². The van der Waals surface area contributed by atoms with Gasteiger partial charge in [-0.1, -0.05) is 13.3 Å². The molecule has 0 radical (unpaired) electrons. The number of sulfonamides is 1. The normalized spacial score (nSPS) is 22.3. The minimum atomic E-state index is -3.60. The molecule has 1 fully saturated rings. The van der Waals surface area contributed by atoms with Gasteiger partial charge in [-0.3, -0.25) is 0 Å². The first-order valence-corrected chi connectivity index (χ1v) is 8.40. The molecule has 1 aromatic heterocycles. The number of nitrogens with two attached hydrogens (primary N) is 1. The van der Waals surface area contributed by atoms with Crippen LogP contribution in [0, 0.1) is 5.92 Å². The Labute approximate surface area is 121 Å². The lowest BCUT2D eigenvalue weighted by molar-refractivity contribution is 0.573. The molecule has 1 aliphatic carbocycles. The van der Waals surface area contributed by atoms with Crippen LogP contribution in [0.5, 0.6) is 0 Å². The predicted octanol–water partition coefficient (Wildman–Crippen LogP) is 1.60. The zero-order chi connectivity index (χ0) is 14.0. The van der Waals surface area contributed by atoms with Crippen LogP contribution in [0.3, 0.4) is 0 Å². The van der Waals surface area contributed by atoms with Crippen molar-refractivity contribution in [3.8, 4) is 0 Å². The lowest BCUT2D eigenvalue weighted by Crippen LogP contribution is -2.28. The highest BCUT2D eigenvalue weighted by atomic mass is 79.9. The number of pyridine rings is 1. The number of hydrogen-bond acceptors (Lipinski definition) is 5. The Balaban J connectivity index is 2.18. The summed E-state index contributed by atoms with van der Waals surface area (Å²) in [6.07, 6.45) is 4.51. The van der Waals surface area contributed by atoms with Gasteiger partial charge in [0.1, 0.15) is 4.90 Å². The maximum absolute atomic E-state index is 12.3. The summed E-state index contributed by atoms with van der Waals surface area (Å²) in [4.78, 5) is 4.01. The largest absolute Gasteiger partial charge is 0.307 e. The van der Waals surface area contributed by atoms with Gasteiger partial charge in [0.15, 0.2) is 5.82 Å². The second kappa shape index (κ2) is 5.74. The third kappa shape index (κ3) is 3.44. The molecule has 0 aliphatic heterocycles. The summed E-state index contributed by atoms with van der Waals surface area (Å²) in [7, 11) is -3.60. The number of nitrogen functional groups attached to an aromatic ring is 1. The van der Waals surface area contributed by atoms with E-state index in [2.05, 4.69) is 38.0 Å². The third-order valence-electron chi connectivity index (χ3n) is 3.13. The van der Waals surface area contributed by atoms with Gasteiger partial charge in [-0.05, 0) is 40.8 Å². The van der Waals surface area contributed by atoms with E-state index < -0.39 is 10.0 Å². The molecule has 2 rings (SSSR count). The zero-order valence-electron chi connectivity index (χ0n) is 10.6. The first kappa shape index (κ1) is 14.7. The molecule has 1 aromatic rings. The highest BCUT2D eigenvalue weighted by molar-refractivity contribution is 9.10. The van der Waals surface area contributed by atoms with Crippen LogP contribution >= 0.6 is 15.9 Å². The van der Waals surface area contributed by atoms with Crippen LogP contribution in [0.2, 0.25) is 0 Å². The number of anilines is 1. The van der Waals surface area contributed by atoms with Crippen molar-refractivity contribution >= 4 is 31.8 Å². The van der Waals surface area contributed by atoms with E-state index in [4.69, 9.17) is 5.84 Å². The maximum atomic E-state index is 12.3. The number of rotatable bonds is 6. The van der Waals surface area contributed by atoms with E-state index in [0.29, 0.717) is 10.4 Å². The van der Waals surface area contributed by atoms with E-state index in [-0.39, 0.29) is 16.8 Å². The monoisotopic (exact) mass is 348 g/mol. The van der Waals surface area contributed by atoms with E-state index >= 15 is 0 Å². The summed E-state index contributed by atoms with van der Waals surface area (Å²) in [5, 5.41) is 0. The van der Waals surface area contributed by atoms with Crippen LogP contribution < -0.4 is 16.0 Å². The average Bonchev–Trinajstić information content (AvgIpc) is 3.07. The van der Waals surface area contributed by atoms with Crippen LogP contribution in [0.4, 0.5) is 5.82 Å². The molecule has 106 valence electrons. The standard InChI is InChI=1S/C11H17BrN4O2S/c1-2-3-7-4-9(7)16-19(17,18)10-5-8(12)6-14-11(10)15-13/h5-7,9,16H,2-4,13H2,1H3,(H,14,15). The lowest BCUT2D eigenvalue weighted by atomic mass is 10.2. The molecule has 1 heterocycles. The summed E-state index contributed by atoms with van der Waals surface area (Å²) in [6.45, 7) is 2.10.